The van der Waals surface area contributed by atoms with E-state index in [4.69, 9.17) is 0 Å². The fourth-order valence-electron chi connectivity index (χ4n) is 11.3. The highest BCUT2D eigenvalue weighted by Crippen LogP contribution is 2.64. The summed E-state index contributed by atoms with van der Waals surface area (Å²) >= 11 is 0. The molecular weight excluding hydrogens is 797 g/mol. The maximum absolute atomic E-state index is 4.34. The molecule has 1 spiro atoms. The molecule has 0 heterocycles. The number of rotatable bonds is 9. The van der Waals surface area contributed by atoms with Crippen LogP contribution in [0, 0.1) is 6.92 Å². The molecule has 0 aliphatic heterocycles. The van der Waals surface area contributed by atoms with E-state index < -0.39 is 5.41 Å². The third-order valence-electron chi connectivity index (χ3n) is 14.1. The zero-order valence-corrected chi connectivity index (χ0v) is 37.0. The lowest BCUT2D eigenvalue weighted by Gasteiger charge is -2.38. The molecule has 3 aliphatic carbocycles. The van der Waals surface area contributed by atoms with Gasteiger partial charge in [-0.05, 0) is 152 Å². The highest BCUT2D eigenvalue weighted by atomic mass is 15.2. The third kappa shape index (κ3) is 6.17. The molecule has 0 saturated heterocycles. The zero-order valence-electron chi connectivity index (χ0n) is 37.0. The van der Waals surface area contributed by atoms with E-state index in [2.05, 4.69) is 260 Å². The van der Waals surface area contributed by atoms with Gasteiger partial charge in [0.15, 0.2) is 0 Å². The standard InChI is InChI=1S/C64H48N2/c1-3-45-35-41-51(65(48-22-9-5-10-23-48)49-24-11-6-12-25-49)43-57(45)56-42-52(38-34-44(56)2)66(50-39-36-47(37-40-50)46-20-7-4-8-21-46)62-33-19-32-61-63(62)55-28-15-18-31-60(55)64(61)58-29-16-13-26-53(58)54-27-14-17-30-59(54)64/h3-32,34-43,62H,1,33H2,2H3. The van der Waals surface area contributed by atoms with Crippen molar-refractivity contribution in [2.45, 2.75) is 24.8 Å². The van der Waals surface area contributed by atoms with Gasteiger partial charge < -0.3 is 9.80 Å². The molecule has 0 N–H and O–H groups in total. The Morgan fingerprint density at radius 1 is 0.455 bits per heavy atom. The van der Waals surface area contributed by atoms with Crippen molar-refractivity contribution < 1.29 is 0 Å². The molecular formula is C64H48N2. The SMILES string of the molecule is C=Cc1ccc(N(c2ccccc2)c2ccccc2)cc1-c1cc(N(c2ccc(-c3ccccc3)cc2)C2CC=CC3=C2c2ccccc2C32c3ccccc3-c3ccccc32)ccc1C. The number of para-hydroxylation sites is 2. The Kier molecular flexibility index (Phi) is 9.61. The first-order valence-corrected chi connectivity index (χ1v) is 23.1. The van der Waals surface area contributed by atoms with Gasteiger partial charge in [0.2, 0.25) is 0 Å². The van der Waals surface area contributed by atoms with Gasteiger partial charge in [0, 0.05) is 28.4 Å². The predicted octanol–water partition coefficient (Wildman–Crippen LogP) is 16.7. The Balaban J connectivity index is 1.06. The normalized spacial score (nSPS) is 14.9. The monoisotopic (exact) mass is 844 g/mol. The fourth-order valence-corrected chi connectivity index (χ4v) is 11.3. The first-order chi connectivity index (χ1) is 32.6. The second kappa shape index (κ2) is 16.1. The van der Waals surface area contributed by atoms with Gasteiger partial charge >= 0.3 is 0 Å². The van der Waals surface area contributed by atoms with Crippen molar-refractivity contribution in [3.05, 3.63) is 282 Å². The third-order valence-corrected chi connectivity index (χ3v) is 14.1. The Morgan fingerprint density at radius 2 is 0.955 bits per heavy atom. The number of aryl methyl sites for hydroxylation is 1. The van der Waals surface area contributed by atoms with Crippen molar-refractivity contribution in [1.29, 1.82) is 0 Å². The Morgan fingerprint density at radius 3 is 1.58 bits per heavy atom. The molecule has 0 aromatic heterocycles. The zero-order chi connectivity index (χ0) is 44.2. The van der Waals surface area contributed by atoms with E-state index in [1.165, 1.54) is 66.8 Å². The second-order valence-electron chi connectivity index (χ2n) is 17.6. The molecule has 2 nitrogen and oxygen atoms in total. The van der Waals surface area contributed by atoms with Gasteiger partial charge in [0.05, 0.1) is 11.5 Å². The average molecular weight is 845 g/mol. The quantitative estimate of drug-likeness (QED) is 0.143. The van der Waals surface area contributed by atoms with Crippen LogP contribution in [0.4, 0.5) is 28.4 Å². The first-order valence-electron chi connectivity index (χ1n) is 23.1. The lowest BCUT2D eigenvalue weighted by molar-refractivity contribution is 0.757. The molecule has 66 heavy (non-hydrogen) atoms. The summed E-state index contributed by atoms with van der Waals surface area (Å²) in [5.41, 5.74) is 23.0. The van der Waals surface area contributed by atoms with Crippen molar-refractivity contribution in [3.8, 4) is 33.4 Å². The van der Waals surface area contributed by atoms with Crippen LogP contribution >= 0.6 is 0 Å². The summed E-state index contributed by atoms with van der Waals surface area (Å²) in [5, 5.41) is 0. The van der Waals surface area contributed by atoms with Crippen molar-refractivity contribution in [3.63, 3.8) is 0 Å². The molecule has 9 aromatic rings. The van der Waals surface area contributed by atoms with E-state index >= 15 is 0 Å². The second-order valence-corrected chi connectivity index (χ2v) is 17.6. The van der Waals surface area contributed by atoms with E-state index in [0.29, 0.717) is 0 Å². The minimum Gasteiger partial charge on any atom is -0.334 e. The molecule has 0 radical (unpaired) electrons. The molecule has 2 heteroatoms. The predicted molar refractivity (Wildman–Crippen MR) is 278 cm³/mol. The largest absolute Gasteiger partial charge is 0.334 e. The van der Waals surface area contributed by atoms with Crippen LogP contribution in [0.15, 0.2) is 249 Å². The van der Waals surface area contributed by atoms with E-state index in [1.54, 1.807) is 0 Å². The summed E-state index contributed by atoms with van der Waals surface area (Å²) in [6.45, 7) is 6.57. The highest BCUT2D eigenvalue weighted by molar-refractivity contribution is 5.99. The van der Waals surface area contributed by atoms with Crippen LogP contribution in [0.25, 0.3) is 45.0 Å². The Hall–Kier alpha value is -8.20. The van der Waals surface area contributed by atoms with E-state index in [-0.39, 0.29) is 6.04 Å². The fraction of sp³-hybridized carbons (Fsp3) is 0.0625. The number of fused-ring (bicyclic) bond motifs is 9. The Bertz CT molecular complexity index is 3280. The van der Waals surface area contributed by atoms with Crippen LogP contribution in [0.1, 0.15) is 39.8 Å². The van der Waals surface area contributed by atoms with Crippen LogP contribution < -0.4 is 9.80 Å². The summed E-state index contributed by atoms with van der Waals surface area (Å²) in [4.78, 5) is 4.96. The van der Waals surface area contributed by atoms with Crippen LogP contribution in [0.3, 0.4) is 0 Å². The minimum absolute atomic E-state index is 0.000410. The minimum atomic E-state index is -0.418. The number of anilines is 5. The van der Waals surface area contributed by atoms with Crippen molar-refractivity contribution in [2.75, 3.05) is 9.80 Å². The molecule has 0 fully saturated rings. The summed E-state index contributed by atoms with van der Waals surface area (Å²) in [6.07, 6.45) is 7.74. The van der Waals surface area contributed by atoms with Gasteiger partial charge in [0.25, 0.3) is 0 Å². The maximum Gasteiger partial charge on any atom is 0.0722 e. The number of hydrogen-bond acceptors (Lipinski definition) is 2. The van der Waals surface area contributed by atoms with Crippen molar-refractivity contribution in [1.82, 2.24) is 0 Å². The average Bonchev–Trinajstić information content (AvgIpc) is 3.86. The Labute approximate surface area is 388 Å². The van der Waals surface area contributed by atoms with Gasteiger partial charge in [-0.25, -0.2) is 0 Å². The summed E-state index contributed by atoms with van der Waals surface area (Å²) < 4.78 is 0. The smallest absolute Gasteiger partial charge is 0.0722 e. The van der Waals surface area contributed by atoms with Crippen molar-refractivity contribution >= 4 is 40.1 Å². The van der Waals surface area contributed by atoms with Gasteiger partial charge in [-0.1, -0.05) is 189 Å². The number of benzene rings is 9. The van der Waals surface area contributed by atoms with Crippen LogP contribution in [-0.4, -0.2) is 6.04 Å². The summed E-state index contributed by atoms with van der Waals surface area (Å²) in [7, 11) is 0. The number of hydrogen-bond donors (Lipinski definition) is 0. The number of allylic oxidation sites excluding steroid dienone is 2. The molecule has 12 rings (SSSR count). The highest BCUT2D eigenvalue weighted by Gasteiger charge is 2.54. The summed E-state index contributed by atoms with van der Waals surface area (Å²) in [5.74, 6) is 0. The molecule has 0 saturated carbocycles. The van der Waals surface area contributed by atoms with Crippen LogP contribution in [0.2, 0.25) is 0 Å². The summed E-state index contributed by atoms with van der Waals surface area (Å²) in [6, 6.07) is 82.5. The molecule has 9 aromatic carbocycles. The van der Waals surface area contributed by atoms with Crippen LogP contribution in [0.5, 0.6) is 0 Å². The first kappa shape index (κ1) is 39.4. The van der Waals surface area contributed by atoms with E-state index in [1.807, 2.05) is 6.08 Å². The van der Waals surface area contributed by atoms with Crippen LogP contribution in [-0.2, 0) is 5.41 Å². The lowest BCUT2D eigenvalue weighted by atomic mass is 9.69. The molecule has 3 aliphatic rings. The molecule has 1 unspecified atom stereocenters. The van der Waals surface area contributed by atoms with Gasteiger partial charge in [-0.15, -0.1) is 0 Å². The van der Waals surface area contributed by atoms with E-state index in [9.17, 15) is 0 Å². The molecule has 1 atom stereocenters. The number of nitrogens with zero attached hydrogens (tertiary/aromatic N) is 2. The molecule has 0 amide bonds. The topological polar surface area (TPSA) is 6.48 Å². The molecule has 0 bridgehead atoms. The lowest BCUT2D eigenvalue weighted by Crippen LogP contribution is -2.34. The van der Waals surface area contributed by atoms with Gasteiger partial charge in [-0.2, -0.15) is 0 Å². The van der Waals surface area contributed by atoms with Gasteiger partial charge in [0.1, 0.15) is 0 Å². The molecule has 314 valence electrons. The van der Waals surface area contributed by atoms with Gasteiger partial charge in [-0.3, -0.25) is 0 Å². The van der Waals surface area contributed by atoms with Crippen molar-refractivity contribution in [2.24, 2.45) is 0 Å². The maximum atomic E-state index is 4.34. The van der Waals surface area contributed by atoms with E-state index in [0.717, 1.165) is 46.0 Å².